The van der Waals surface area contributed by atoms with Crippen LogP contribution in [0, 0.1) is 6.92 Å². The third-order valence-electron chi connectivity index (χ3n) is 4.83. The van der Waals surface area contributed by atoms with Crippen molar-refractivity contribution in [2.45, 2.75) is 30.8 Å². The molecule has 2 N–H and O–H groups in total. The van der Waals surface area contributed by atoms with Crippen molar-refractivity contribution in [3.8, 4) is 0 Å². The average Bonchev–Trinajstić information content (AvgIpc) is 3.25. The molecule has 1 saturated heterocycles. The maximum atomic E-state index is 13.0. The van der Waals surface area contributed by atoms with Crippen LogP contribution < -0.4 is 10.0 Å². The fourth-order valence-corrected chi connectivity index (χ4v) is 4.56. The molecule has 1 atom stereocenters. The van der Waals surface area contributed by atoms with Gasteiger partial charge in [0.25, 0.3) is 15.9 Å². The Morgan fingerprint density at radius 1 is 1.20 bits per heavy atom. The van der Waals surface area contributed by atoms with Crippen LogP contribution in [0.5, 0.6) is 0 Å². The van der Waals surface area contributed by atoms with Crippen LogP contribution in [0.2, 0.25) is 0 Å². The van der Waals surface area contributed by atoms with Gasteiger partial charge in [0, 0.05) is 13.2 Å². The Balaban J connectivity index is 1.83. The van der Waals surface area contributed by atoms with Gasteiger partial charge in [0.2, 0.25) is 0 Å². The molecule has 0 saturated carbocycles. The molecule has 30 heavy (non-hydrogen) atoms. The number of aryl methyl sites for hydroxylation is 1. The molecule has 0 unspecified atom stereocenters. The Morgan fingerprint density at radius 3 is 2.67 bits per heavy atom. The largest absolute Gasteiger partial charge is 0.465 e. The van der Waals surface area contributed by atoms with E-state index in [-0.39, 0.29) is 27.8 Å². The van der Waals surface area contributed by atoms with Gasteiger partial charge >= 0.3 is 5.97 Å². The number of nitrogens with one attached hydrogen (secondary N) is 2. The highest BCUT2D eigenvalue weighted by molar-refractivity contribution is 7.92. The second-order valence-electron chi connectivity index (χ2n) is 6.97. The van der Waals surface area contributed by atoms with Crippen molar-refractivity contribution in [2.24, 2.45) is 0 Å². The van der Waals surface area contributed by atoms with E-state index in [0.717, 1.165) is 12.8 Å². The van der Waals surface area contributed by atoms with Crippen molar-refractivity contribution in [2.75, 3.05) is 25.0 Å². The highest BCUT2D eigenvalue weighted by Crippen LogP contribution is 2.24. The molecular weight excluding hydrogens is 408 g/mol. The maximum absolute atomic E-state index is 13.0. The lowest BCUT2D eigenvalue weighted by Gasteiger charge is -2.15. The van der Waals surface area contributed by atoms with Crippen LogP contribution in [0.1, 0.15) is 39.1 Å². The van der Waals surface area contributed by atoms with Gasteiger partial charge in [0.1, 0.15) is 0 Å². The van der Waals surface area contributed by atoms with E-state index >= 15 is 0 Å². The summed E-state index contributed by atoms with van der Waals surface area (Å²) in [6.45, 7) is 2.66. The van der Waals surface area contributed by atoms with E-state index in [0.29, 0.717) is 18.7 Å². The molecule has 2 aromatic rings. The van der Waals surface area contributed by atoms with E-state index in [2.05, 4.69) is 14.8 Å². The predicted octanol–water partition coefficient (Wildman–Crippen LogP) is 2.49. The molecule has 1 aliphatic heterocycles. The van der Waals surface area contributed by atoms with Crippen LogP contribution in [-0.4, -0.2) is 46.7 Å². The van der Waals surface area contributed by atoms with Gasteiger partial charge in [-0.15, -0.1) is 0 Å². The van der Waals surface area contributed by atoms with Gasteiger partial charge in [-0.3, -0.25) is 9.52 Å². The molecule has 0 aromatic heterocycles. The van der Waals surface area contributed by atoms with E-state index < -0.39 is 21.9 Å². The summed E-state index contributed by atoms with van der Waals surface area (Å²) in [7, 11) is -2.84. The van der Waals surface area contributed by atoms with Gasteiger partial charge in [0.15, 0.2) is 0 Å². The predicted molar refractivity (Wildman–Crippen MR) is 111 cm³/mol. The van der Waals surface area contributed by atoms with Crippen molar-refractivity contribution in [3.63, 3.8) is 0 Å². The number of carbonyl (C=O) groups is 2. The standard InChI is InChI=1S/C21H24N2O6S/c1-14-9-10-15(21(25)28-2)12-19(14)30(26,27)23-18-8-4-3-7-17(18)20(24)22-13-16-6-5-11-29-16/h3-4,7-10,12,16,23H,5-6,11,13H2,1-2H3,(H,22,24)/t16-/m0/s1. The zero-order valence-electron chi connectivity index (χ0n) is 16.8. The molecule has 1 aliphatic rings. The van der Waals surface area contributed by atoms with E-state index in [1.807, 2.05) is 0 Å². The van der Waals surface area contributed by atoms with Crippen molar-refractivity contribution < 1.29 is 27.5 Å². The number of carbonyl (C=O) groups excluding carboxylic acids is 2. The molecule has 2 aromatic carbocycles. The first-order chi connectivity index (χ1) is 14.3. The van der Waals surface area contributed by atoms with E-state index in [9.17, 15) is 18.0 Å². The van der Waals surface area contributed by atoms with Gasteiger partial charge in [-0.2, -0.15) is 0 Å². The summed E-state index contributed by atoms with van der Waals surface area (Å²) in [5.41, 5.74) is 0.910. The Bertz CT molecular complexity index is 1050. The molecule has 160 valence electrons. The quantitative estimate of drug-likeness (QED) is 0.651. The number of rotatable bonds is 7. The molecule has 8 nitrogen and oxygen atoms in total. The maximum Gasteiger partial charge on any atom is 0.337 e. The SMILES string of the molecule is COC(=O)c1ccc(C)c(S(=O)(=O)Nc2ccccc2C(=O)NC[C@@H]2CCCO2)c1. The highest BCUT2D eigenvalue weighted by Gasteiger charge is 2.23. The number of esters is 1. The zero-order chi connectivity index (χ0) is 21.7. The Labute approximate surface area is 175 Å². The smallest absolute Gasteiger partial charge is 0.337 e. The number of sulfonamides is 1. The van der Waals surface area contributed by atoms with Gasteiger partial charge in [-0.05, 0) is 49.6 Å². The second-order valence-corrected chi connectivity index (χ2v) is 8.62. The average molecular weight is 432 g/mol. The van der Waals surface area contributed by atoms with Crippen molar-refractivity contribution >= 4 is 27.6 Å². The van der Waals surface area contributed by atoms with Crippen LogP contribution in [0.25, 0.3) is 0 Å². The fourth-order valence-electron chi connectivity index (χ4n) is 3.21. The first-order valence-corrected chi connectivity index (χ1v) is 11.0. The molecule has 0 radical (unpaired) electrons. The van der Waals surface area contributed by atoms with Gasteiger partial charge in [0.05, 0.1) is 34.9 Å². The summed E-state index contributed by atoms with van der Waals surface area (Å²) in [6, 6.07) is 10.6. The van der Waals surface area contributed by atoms with Crippen LogP contribution in [-0.2, 0) is 19.5 Å². The molecule has 0 spiro atoms. The summed E-state index contributed by atoms with van der Waals surface area (Å²) in [6.07, 6.45) is 1.81. The molecule has 0 aliphatic carbocycles. The van der Waals surface area contributed by atoms with Crippen molar-refractivity contribution in [1.82, 2.24) is 5.32 Å². The summed E-state index contributed by atoms with van der Waals surface area (Å²) < 4.78 is 38.7. The van der Waals surface area contributed by atoms with Crippen LogP contribution in [0.3, 0.4) is 0 Å². The third-order valence-corrected chi connectivity index (χ3v) is 6.34. The molecule has 3 rings (SSSR count). The van der Waals surface area contributed by atoms with E-state index in [1.54, 1.807) is 25.1 Å². The summed E-state index contributed by atoms with van der Waals surface area (Å²) in [5.74, 6) is -1.04. The third kappa shape index (κ3) is 4.98. The Morgan fingerprint density at radius 2 is 1.97 bits per heavy atom. The number of hydrogen-bond acceptors (Lipinski definition) is 6. The topological polar surface area (TPSA) is 111 Å². The van der Waals surface area contributed by atoms with E-state index in [4.69, 9.17) is 4.74 Å². The minimum atomic E-state index is -4.06. The molecule has 1 fully saturated rings. The number of benzene rings is 2. The molecule has 0 bridgehead atoms. The van der Waals surface area contributed by atoms with Crippen LogP contribution in [0.15, 0.2) is 47.4 Å². The van der Waals surface area contributed by atoms with Crippen molar-refractivity contribution in [1.29, 1.82) is 0 Å². The monoisotopic (exact) mass is 432 g/mol. The number of para-hydroxylation sites is 1. The number of ether oxygens (including phenoxy) is 2. The van der Waals surface area contributed by atoms with Crippen LogP contribution >= 0.6 is 0 Å². The van der Waals surface area contributed by atoms with Gasteiger partial charge in [-0.1, -0.05) is 18.2 Å². The lowest BCUT2D eigenvalue weighted by molar-refractivity contribution is 0.0600. The Kier molecular flexibility index (Phi) is 6.73. The molecule has 1 heterocycles. The highest BCUT2D eigenvalue weighted by atomic mass is 32.2. The number of hydrogen-bond donors (Lipinski definition) is 2. The number of amides is 1. The zero-order valence-corrected chi connectivity index (χ0v) is 17.6. The summed E-state index contributed by atoms with van der Waals surface area (Å²) in [5, 5.41) is 2.79. The van der Waals surface area contributed by atoms with E-state index in [1.165, 1.54) is 31.4 Å². The van der Waals surface area contributed by atoms with Crippen LogP contribution in [0.4, 0.5) is 5.69 Å². The fraction of sp³-hybridized carbons (Fsp3) is 0.333. The lowest BCUT2D eigenvalue weighted by Crippen LogP contribution is -2.32. The second kappa shape index (κ2) is 9.27. The summed E-state index contributed by atoms with van der Waals surface area (Å²) in [4.78, 5) is 24.3. The molecule has 1 amide bonds. The number of anilines is 1. The minimum Gasteiger partial charge on any atom is -0.465 e. The Hall–Kier alpha value is -2.91. The molecular formula is C21H24N2O6S. The lowest BCUT2D eigenvalue weighted by atomic mass is 10.1. The number of methoxy groups -OCH3 is 1. The normalized spacial score (nSPS) is 16.1. The van der Waals surface area contributed by atoms with Gasteiger partial charge in [-0.25, -0.2) is 13.2 Å². The molecule has 9 heteroatoms. The van der Waals surface area contributed by atoms with Crippen molar-refractivity contribution in [3.05, 3.63) is 59.2 Å². The first-order valence-electron chi connectivity index (χ1n) is 9.52. The van der Waals surface area contributed by atoms with Gasteiger partial charge < -0.3 is 14.8 Å². The first kappa shape index (κ1) is 21.8. The summed E-state index contributed by atoms with van der Waals surface area (Å²) >= 11 is 0. The minimum absolute atomic E-state index is 0.0264.